The maximum Gasteiger partial charge on any atom is 0.314 e. The van der Waals surface area contributed by atoms with Gasteiger partial charge in [-0.15, -0.1) is 0 Å². The summed E-state index contributed by atoms with van der Waals surface area (Å²) in [7, 11) is 1.41. The van der Waals surface area contributed by atoms with E-state index in [1.165, 1.54) is 7.11 Å². The number of benzene rings is 1. The number of rotatable bonds is 3. The van der Waals surface area contributed by atoms with Crippen molar-refractivity contribution in [1.82, 2.24) is 0 Å². The number of ether oxygens (including phenoxy) is 1. The Balaban J connectivity index is 3.29. The third-order valence-corrected chi connectivity index (χ3v) is 2.00. The fourth-order valence-electron chi connectivity index (χ4n) is 1.07. The molecule has 0 saturated heterocycles. The minimum absolute atomic E-state index is 0.000000000000000222. The molecule has 0 atom stereocenters. The highest BCUT2D eigenvalue weighted by Crippen LogP contribution is 2.31. The van der Waals surface area contributed by atoms with Crippen molar-refractivity contribution in [3.8, 4) is 5.75 Å². The van der Waals surface area contributed by atoms with Gasteiger partial charge in [0.2, 0.25) is 0 Å². The number of methoxy groups -OCH3 is 1. The molecule has 0 aliphatic carbocycles. The van der Waals surface area contributed by atoms with E-state index in [2.05, 4.69) is 12.6 Å². The molecular formula is C8H9NO3S. The van der Waals surface area contributed by atoms with E-state index >= 15 is 0 Å². The Kier molecular flexibility index (Phi) is 3.13. The molecule has 0 unspecified atom stereocenters. The van der Waals surface area contributed by atoms with Gasteiger partial charge in [0.1, 0.15) is 0 Å². The van der Waals surface area contributed by atoms with Crippen LogP contribution in [-0.4, -0.2) is 12.0 Å². The maximum atomic E-state index is 10.7. The minimum Gasteiger partial charge on any atom is -0.490 e. The maximum absolute atomic E-state index is 10.7. The summed E-state index contributed by atoms with van der Waals surface area (Å²) in [5, 5.41) is 10.7. The Hall–Kier alpha value is -1.23. The zero-order chi connectivity index (χ0) is 9.84. The molecule has 0 aliphatic heterocycles. The average Bonchev–Trinajstić information content (AvgIpc) is 2.16. The smallest absolute Gasteiger partial charge is 0.314 e. The highest BCUT2D eigenvalue weighted by molar-refractivity contribution is 7.79. The van der Waals surface area contributed by atoms with Crippen LogP contribution in [0.1, 0.15) is 5.56 Å². The molecule has 0 saturated carbocycles. The molecule has 0 heterocycles. The van der Waals surface area contributed by atoms with E-state index in [0.29, 0.717) is 11.3 Å². The van der Waals surface area contributed by atoms with Gasteiger partial charge in [0.05, 0.1) is 12.0 Å². The lowest BCUT2D eigenvalue weighted by Gasteiger charge is -2.03. The molecule has 4 nitrogen and oxygen atoms in total. The van der Waals surface area contributed by atoms with E-state index in [4.69, 9.17) is 4.74 Å². The molecule has 0 spiro atoms. The Morgan fingerprint density at radius 1 is 1.62 bits per heavy atom. The molecule has 0 N–H and O–H groups in total. The first kappa shape index (κ1) is 9.85. The number of para-hydroxylation sites is 1. The molecule has 0 fully saturated rings. The molecule has 1 aromatic carbocycles. The summed E-state index contributed by atoms with van der Waals surface area (Å²) < 4.78 is 4.87. The van der Waals surface area contributed by atoms with Crippen LogP contribution in [0.2, 0.25) is 0 Å². The van der Waals surface area contributed by atoms with Crippen LogP contribution in [-0.2, 0) is 5.75 Å². The van der Waals surface area contributed by atoms with Crippen LogP contribution in [0.4, 0.5) is 5.69 Å². The second-order valence-electron chi connectivity index (χ2n) is 2.38. The summed E-state index contributed by atoms with van der Waals surface area (Å²) in [6.07, 6.45) is 0. The van der Waals surface area contributed by atoms with Gasteiger partial charge in [-0.1, -0.05) is 12.1 Å². The van der Waals surface area contributed by atoms with Gasteiger partial charge in [0, 0.05) is 11.3 Å². The second kappa shape index (κ2) is 4.13. The standard InChI is InChI=1S/C8H9NO3S/c1-12-7-4-2-3-6(5-13)8(7)9(10)11/h2-4,13H,5H2,1H3. The topological polar surface area (TPSA) is 52.4 Å². The lowest BCUT2D eigenvalue weighted by atomic mass is 10.2. The fraction of sp³-hybridized carbons (Fsp3) is 0.250. The van der Waals surface area contributed by atoms with Crippen molar-refractivity contribution in [2.24, 2.45) is 0 Å². The Morgan fingerprint density at radius 2 is 2.31 bits per heavy atom. The van der Waals surface area contributed by atoms with Gasteiger partial charge in [-0.05, 0) is 6.07 Å². The predicted octanol–water partition coefficient (Wildman–Crippen LogP) is 2.03. The van der Waals surface area contributed by atoms with Crippen LogP contribution in [0, 0.1) is 10.1 Å². The first-order valence-electron chi connectivity index (χ1n) is 3.61. The molecule has 0 aliphatic rings. The van der Waals surface area contributed by atoms with E-state index in [1.807, 2.05) is 0 Å². The second-order valence-corrected chi connectivity index (χ2v) is 2.70. The molecule has 0 bridgehead atoms. The molecule has 1 aromatic rings. The molecule has 70 valence electrons. The van der Waals surface area contributed by atoms with Crippen molar-refractivity contribution in [2.45, 2.75) is 5.75 Å². The summed E-state index contributed by atoms with van der Waals surface area (Å²) in [5.41, 5.74) is 0.563. The highest BCUT2D eigenvalue weighted by atomic mass is 32.1. The zero-order valence-electron chi connectivity index (χ0n) is 7.06. The molecule has 5 heteroatoms. The molecule has 0 radical (unpaired) electrons. The van der Waals surface area contributed by atoms with Gasteiger partial charge < -0.3 is 4.74 Å². The number of nitro benzene ring substituents is 1. The van der Waals surface area contributed by atoms with E-state index in [1.54, 1.807) is 18.2 Å². The quantitative estimate of drug-likeness (QED) is 0.460. The minimum atomic E-state index is -0.454. The highest BCUT2D eigenvalue weighted by Gasteiger charge is 2.18. The van der Waals surface area contributed by atoms with Gasteiger partial charge in [-0.25, -0.2) is 0 Å². The number of nitrogens with zero attached hydrogens (tertiary/aromatic N) is 1. The molecule has 1 rings (SSSR count). The van der Waals surface area contributed by atoms with Gasteiger partial charge in [0.15, 0.2) is 5.75 Å². The SMILES string of the molecule is COc1cccc(CS)c1[N+](=O)[O-]. The Labute approximate surface area is 81.1 Å². The first-order valence-corrected chi connectivity index (χ1v) is 4.25. The molecular weight excluding hydrogens is 190 g/mol. The van der Waals surface area contributed by atoms with E-state index in [0.717, 1.165) is 0 Å². The third kappa shape index (κ3) is 1.92. The fourth-order valence-corrected chi connectivity index (χ4v) is 1.32. The van der Waals surface area contributed by atoms with Crippen molar-refractivity contribution in [2.75, 3.05) is 7.11 Å². The molecule has 13 heavy (non-hydrogen) atoms. The van der Waals surface area contributed by atoms with Gasteiger partial charge in [-0.3, -0.25) is 10.1 Å². The Bertz CT molecular complexity index is 305. The number of hydrogen-bond acceptors (Lipinski definition) is 4. The van der Waals surface area contributed by atoms with Gasteiger partial charge in [0.25, 0.3) is 0 Å². The molecule has 0 amide bonds. The normalized spacial score (nSPS) is 9.69. The summed E-state index contributed by atoms with van der Waals surface area (Å²) in [5.74, 6) is 0.601. The van der Waals surface area contributed by atoms with E-state index in [9.17, 15) is 10.1 Å². The van der Waals surface area contributed by atoms with Crippen molar-refractivity contribution < 1.29 is 9.66 Å². The number of thiol groups is 1. The van der Waals surface area contributed by atoms with E-state index in [-0.39, 0.29) is 11.4 Å². The van der Waals surface area contributed by atoms with Crippen LogP contribution in [0.3, 0.4) is 0 Å². The van der Waals surface area contributed by atoms with Crippen LogP contribution in [0.15, 0.2) is 18.2 Å². The van der Waals surface area contributed by atoms with Gasteiger partial charge in [-0.2, -0.15) is 12.6 Å². The van der Waals surface area contributed by atoms with Crippen LogP contribution >= 0.6 is 12.6 Å². The average molecular weight is 199 g/mol. The van der Waals surface area contributed by atoms with Crippen LogP contribution < -0.4 is 4.74 Å². The van der Waals surface area contributed by atoms with Gasteiger partial charge >= 0.3 is 5.69 Å². The van der Waals surface area contributed by atoms with Crippen molar-refractivity contribution in [3.05, 3.63) is 33.9 Å². The summed E-state index contributed by atoms with van der Waals surface area (Å²) in [6, 6.07) is 4.93. The lowest BCUT2D eigenvalue weighted by molar-refractivity contribution is -0.386. The number of hydrogen-bond donors (Lipinski definition) is 1. The lowest BCUT2D eigenvalue weighted by Crippen LogP contribution is -1.97. The van der Waals surface area contributed by atoms with E-state index < -0.39 is 4.92 Å². The Morgan fingerprint density at radius 3 is 2.77 bits per heavy atom. The summed E-state index contributed by atoms with van der Waals surface area (Å²) in [4.78, 5) is 10.2. The molecule has 0 aromatic heterocycles. The van der Waals surface area contributed by atoms with Crippen molar-refractivity contribution in [1.29, 1.82) is 0 Å². The summed E-state index contributed by atoms with van der Waals surface area (Å²) in [6.45, 7) is 0. The summed E-state index contributed by atoms with van der Waals surface area (Å²) >= 11 is 4.00. The first-order chi connectivity index (χ1) is 6.20. The number of nitro groups is 1. The third-order valence-electron chi connectivity index (χ3n) is 1.66. The zero-order valence-corrected chi connectivity index (χ0v) is 7.95. The van der Waals surface area contributed by atoms with Crippen LogP contribution in [0.5, 0.6) is 5.75 Å². The van der Waals surface area contributed by atoms with Crippen molar-refractivity contribution >= 4 is 18.3 Å². The predicted molar refractivity (Wildman–Crippen MR) is 52.3 cm³/mol. The van der Waals surface area contributed by atoms with Crippen molar-refractivity contribution in [3.63, 3.8) is 0 Å². The largest absolute Gasteiger partial charge is 0.490 e. The monoisotopic (exact) mass is 199 g/mol. The van der Waals surface area contributed by atoms with Crippen LogP contribution in [0.25, 0.3) is 0 Å².